The minimum absolute atomic E-state index is 0.0379. The maximum atomic E-state index is 13.4. The molecule has 238 valence electrons. The number of nitrogens with one attached hydrogen (secondary N) is 1. The number of carbonyl (C=O) groups excluding carboxylic acids is 4. The summed E-state index contributed by atoms with van der Waals surface area (Å²) in [6.45, 7) is 15.2. The van der Waals surface area contributed by atoms with Crippen LogP contribution in [0.25, 0.3) is 0 Å². The molecule has 1 N–H and O–H groups in total. The van der Waals surface area contributed by atoms with Crippen LogP contribution in [0, 0.1) is 23.7 Å². The molecule has 1 aromatic carbocycles. The van der Waals surface area contributed by atoms with Crippen molar-refractivity contribution >= 4 is 35.1 Å². The molecule has 0 aliphatic carbocycles. The van der Waals surface area contributed by atoms with E-state index in [0.717, 1.165) is 5.56 Å². The third-order valence-corrected chi connectivity index (χ3v) is 8.72. The summed E-state index contributed by atoms with van der Waals surface area (Å²) >= 11 is 1.24. The predicted octanol–water partition coefficient (Wildman–Crippen LogP) is 5.84. The van der Waals surface area contributed by atoms with Gasteiger partial charge in [-0.3, -0.25) is 19.2 Å². The molecule has 0 aliphatic heterocycles. The number of carbonyl (C=O) groups is 4. The predicted molar refractivity (Wildman–Crippen MR) is 168 cm³/mol. The summed E-state index contributed by atoms with van der Waals surface area (Å²) in [5.74, 6) is -1.37. The highest BCUT2D eigenvalue weighted by atomic mass is 32.1. The zero-order valence-corrected chi connectivity index (χ0v) is 27.9. The number of thiazole rings is 1. The minimum Gasteiger partial charge on any atom is -0.466 e. The maximum Gasteiger partial charge on any atom is 0.308 e. The van der Waals surface area contributed by atoms with Crippen molar-refractivity contribution in [2.45, 2.75) is 92.8 Å². The van der Waals surface area contributed by atoms with Crippen LogP contribution < -0.4 is 5.32 Å². The molecule has 0 bridgehead atoms. The molecule has 43 heavy (non-hydrogen) atoms. The van der Waals surface area contributed by atoms with Gasteiger partial charge in [0.05, 0.1) is 12.5 Å². The number of esters is 2. The monoisotopic (exact) mass is 615 g/mol. The molecule has 0 spiro atoms. The van der Waals surface area contributed by atoms with Crippen LogP contribution >= 0.6 is 11.3 Å². The SMILES string of the molecule is CCOC(=O)[C@@H](C)C[C@H](Cc1ccccc1)NC(=O)c1csc([C@@H](C[C@H](C(C)C)N(C)C(=O)[C@@H](C)C(C)C)OC(C)=O)n1. The van der Waals surface area contributed by atoms with Crippen LogP contribution in [0.2, 0.25) is 0 Å². The van der Waals surface area contributed by atoms with Gasteiger partial charge in [-0.25, -0.2) is 4.98 Å². The van der Waals surface area contributed by atoms with Crippen LogP contribution in [0.4, 0.5) is 0 Å². The summed E-state index contributed by atoms with van der Waals surface area (Å²) in [5, 5.41) is 5.19. The van der Waals surface area contributed by atoms with Crippen LogP contribution in [0.1, 0.15) is 95.4 Å². The van der Waals surface area contributed by atoms with Gasteiger partial charge in [-0.15, -0.1) is 11.3 Å². The topological polar surface area (TPSA) is 115 Å². The van der Waals surface area contributed by atoms with E-state index in [-0.39, 0.29) is 53.3 Å². The van der Waals surface area contributed by atoms with E-state index in [4.69, 9.17) is 9.47 Å². The van der Waals surface area contributed by atoms with Crippen molar-refractivity contribution in [3.05, 3.63) is 52.0 Å². The number of ether oxygens (including phenoxy) is 2. The Balaban J connectivity index is 2.27. The molecule has 0 saturated heterocycles. The summed E-state index contributed by atoms with van der Waals surface area (Å²) < 4.78 is 10.9. The van der Waals surface area contributed by atoms with Crippen molar-refractivity contribution in [1.82, 2.24) is 15.2 Å². The number of aromatic nitrogens is 1. The van der Waals surface area contributed by atoms with Gasteiger partial charge >= 0.3 is 11.9 Å². The van der Waals surface area contributed by atoms with E-state index in [9.17, 15) is 19.2 Å². The summed E-state index contributed by atoms with van der Waals surface area (Å²) in [6, 6.07) is 9.21. The Morgan fingerprint density at radius 3 is 2.19 bits per heavy atom. The van der Waals surface area contributed by atoms with Crippen LogP contribution in [-0.2, 0) is 30.3 Å². The number of benzene rings is 1. The van der Waals surface area contributed by atoms with Crippen molar-refractivity contribution in [2.75, 3.05) is 13.7 Å². The Labute approximate surface area is 260 Å². The lowest BCUT2D eigenvalue weighted by Crippen LogP contribution is -2.44. The maximum absolute atomic E-state index is 13.4. The Kier molecular flexibility index (Phi) is 14.3. The first-order chi connectivity index (χ1) is 20.2. The van der Waals surface area contributed by atoms with E-state index in [1.807, 2.05) is 65.0 Å². The molecule has 9 nitrogen and oxygen atoms in total. The molecule has 10 heteroatoms. The van der Waals surface area contributed by atoms with E-state index < -0.39 is 18.0 Å². The lowest BCUT2D eigenvalue weighted by atomic mass is 9.92. The van der Waals surface area contributed by atoms with Gasteiger partial charge in [-0.1, -0.05) is 71.9 Å². The van der Waals surface area contributed by atoms with Gasteiger partial charge in [-0.2, -0.15) is 0 Å². The van der Waals surface area contributed by atoms with Crippen molar-refractivity contribution in [1.29, 1.82) is 0 Å². The highest BCUT2D eigenvalue weighted by molar-refractivity contribution is 7.09. The number of rotatable bonds is 16. The first-order valence-corrected chi connectivity index (χ1v) is 16.0. The fourth-order valence-electron chi connectivity index (χ4n) is 4.96. The van der Waals surface area contributed by atoms with Gasteiger partial charge in [0.1, 0.15) is 10.7 Å². The molecule has 0 radical (unpaired) electrons. The average molecular weight is 616 g/mol. The zero-order chi connectivity index (χ0) is 32.3. The molecule has 1 heterocycles. The van der Waals surface area contributed by atoms with Gasteiger partial charge in [0.25, 0.3) is 5.91 Å². The quantitative estimate of drug-likeness (QED) is 0.236. The normalized spacial score (nSPS) is 14.9. The first kappa shape index (κ1) is 35.9. The van der Waals surface area contributed by atoms with Gasteiger partial charge in [0.15, 0.2) is 6.10 Å². The highest BCUT2D eigenvalue weighted by Crippen LogP contribution is 2.31. The summed E-state index contributed by atoms with van der Waals surface area (Å²) in [6.07, 6.45) is 0.573. The van der Waals surface area contributed by atoms with Gasteiger partial charge < -0.3 is 19.7 Å². The molecule has 0 unspecified atom stereocenters. The molecule has 2 rings (SSSR count). The van der Waals surface area contributed by atoms with Crippen molar-refractivity contribution < 1.29 is 28.7 Å². The highest BCUT2D eigenvalue weighted by Gasteiger charge is 2.33. The summed E-state index contributed by atoms with van der Waals surface area (Å²) in [5.41, 5.74) is 1.24. The average Bonchev–Trinajstić information content (AvgIpc) is 3.45. The molecular weight excluding hydrogens is 566 g/mol. The van der Waals surface area contributed by atoms with Crippen LogP contribution in [-0.4, -0.2) is 59.4 Å². The number of nitrogens with zero attached hydrogens (tertiary/aromatic N) is 2. The third kappa shape index (κ3) is 11.1. The molecule has 1 aromatic heterocycles. The van der Waals surface area contributed by atoms with Crippen LogP contribution in [0.15, 0.2) is 35.7 Å². The number of amides is 2. The Bertz CT molecular complexity index is 1200. The van der Waals surface area contributed by atoms with Gasteiger partial charge in [-0.05, 0) is 37.2 Å². The zero-order valence-electron chi connectivity index (χ0n) is 27.1. The smallest absolute Gasteiger partial charge is 0.308 e. The molecule has 0 fully saturated rings. The Hall–Kier alpha value is -3.27. The molecule has 0 saturated carbocycles. The minimum atomic E-state index is -0.718. The third-order valence-electron chi connectivity index (χ3n) is 7.79. The van der Waals surface area contributed by atoms with Crippen molar-refractivity contribution in [3.8, 4) is 0 Å². The van der Waals surface area contributed by atoms with E-state index in [1.54, 1.807) is 31.2 Å². The Morgan fingerprint density at radius 1 is 0.977 bits per heavy atom. The molecular formula is C33H49N3O6S. The lowest BCUT2D eigenvalue weighted by Gasteiger charge is -2.35. The van der Waals surface area contributed by atoms with Crippen molar-refractivity contribution in [3.63, 3.8) is 0 Å². The fraction of sp³-hybridized carbons (Fsp3) is 0.606. The van der Waals surface area contributed by atoms with Gasteiger partial charge in [0, 0.05) is 43.8 Å². The largest absolute Gasteiger partial charge is 0.466 e. The van der Waals surface area contributed by atoms with E-state index in [2.05, 4.69) is 10.3 Å². The standard InChI is InChI=1S/C33H49N3O6S/c1-10-41-33(40)22(6)16-26(17-25-14-12-11-13-15-25)34-30(38)27-19-43-31(35-27)29(42-24(8)37)18-28(21(4)5)36(9)32(39)23(7)20(2)3/h11-15,19-23,26,28-29H,10,16-18H2,1-9H3,(H,34,38)/t22-,23-,26+,28+,29+/m0/s1. The van der Waals surface area contributed by atoms with E-state index in [0.29, 0.717) is 30.9 Å². The van der Waals surface area contributed by atoms with E-state index in [1.165, 1.54) is 18.3 Å². The Morgan fingerprint density at radius 2 is 1.63 bits per heavy atom. The second-order valence-electron chi connectivity index (χ2n) is 11.9. The number of hydrogen-bond acceptors (Lipinski definition) is 8. The molecule has 5 atom stereocenters. The first-order valence-electron chi connectivity index (χ1n) is 15.2. The molecule has 2 aromatic rings. The molecule has 2 amide bonds. The second kappa shape index (κ2) is 17.1. The van der Waals surface area contributed by atoms with Crippen LogP contribution in [0.3, 0.4) is 0 Å². The van der Waals surface area contributed by atoms with Gasteiger partial charge in [0.2, 0.25) is 5.91 Å². The van der Waals surface area contributed by atoms with Crippen LogP contribution in [0.5, 0.6) is 0 Å². The summed E-state index contributed by atoms with van der Waals surface area (Å²) in [7, 11) is 1.79. The molecule has 0 aliphatic rings. The lowest BCUT2D eigenvalue weighted by molar-refractivity contribution is -0.149. The summed E-state index contributed by atoms with van der Waals surface area (Å²) in [4.78, 5) is 57.4. The second-order valence-corrected chi connectivity index (χ2v) is 12.8. The fourth-order valence-corrected chi connectivity index (χ4v) is 5.80. The van der Waals surface area contributed by atoms with Crippen molar-refractivity contribution in [2.24, 2.45) is 23.7 Å². The number of hydrogen-bond donors (Lipinski definition) is 1. The van der Waals surface area contributed by atoms with E-state index >= 15 is 0 Å².